The maximum absolute atomic E-state index is 5.15. The van der Waals surface area contributed by atoms with E-state index in [1.807, 2.05) is 0 Å². The first-order valence-corrected chi connectivity index (χ1v) is 6.93. The molecule has 0 spiro atoms. The topological polar surface area (TPSA) is 39.1 Å². The van der Waals surface area contributed by atoms with Gasteiger partial charge in [0.25, 0.3) is 0 Å². The predicted octanol–water partition coefficient (Wildman–Crippen LogP) is 2.15. The normalized spacial score (nSPS) is 11.4. The summed E-state index contributed by atoms with van der Waals surface area (Å²) in [5.74, 6) is 0. The molecule has 4 heteroatoms. The highest BCUT2D eigenvalue weighted by molar-refractivity contribution is 5.26. The van der Waals surface area contributed by atoms with E-state index in [0.29, 0.717) is 6.04 Å². The Kier molecular flexibility index (Phi) is 6.36. The summed E-state index contributed by atoms with van der Waals surface area (Å²) >= 11 is 0. The third-order valence-corrected chi connectivity index (χ3v) is 3.11. The van der Waals surface area contributed by atoms with Gasteiger partial charge in [0.05, 0.1) is 18.8 Å². The molecule has 1 heterocycles. The van der Waals surface area contributed by atoms with E-state index in [1.54, 1.807) is 7.11 Å². The molecule has 0 saturated carbocycles. The van der Waals surface area contributed by atoms with Crippen LogP contribution in [0.1, 0.15) is 44.6 Å². The minimum Gasteiger partial charge on any atom is -0.383 e. The molecule has 104 valence electrons. The van der Waals surface area contributed by atoms with E-state index in [0.717, 1.165) is 32.5 Å². The SMILES string of the molecule is CCc1nn(CCOC)c(CC)c1CNC(C)C. The average molecular weight is 253 g/mol. The molecule has 0 aliphatic rings. The molecule has 1 rings (SSSR count). The highest BCUT2D eigenvalue weighted by atomic mass is 16.5. The largest absolute Gasteiger partial charge is 0.383 e. The second-order valence-corrected chi connectivity index (χ2v) is 4.83. The van der Waals surface area contributed by atoms with Gasteiger partial charge < -0.3 is 10.1 Å². The van der Waals surface area contributed by atoms with Gasteiger partial charge in [-0.25, -0.2) is 0 Å². The van der Waals surface area contributed by atoms with Crippen molar-refractivity contribution in [3.8, 4) is 0 Å². The Balaban J connectivity index is 2.93. The zero-order valence-electron chi connectivity index (χ0n) is 12.4. The first-order chi connectivity index (χ1) is 8.63. The molecule has 1 N–H and O–H groups in total. The molecule has 0 bridgehead atoms. The first-order valence-electron chi connectivity index (χ1n) is 6.93. The van der Waals surface area contributed by atoms with Gasteiger partial charge in [0.2, 0.25) is 0 Å². The second-order valence-electron chi connectivity index (χ2n) is 4.83. The number of nitrogens with zero attached hydrogens (tertiary/aromatic N) is 2. The Morgan fingerprint density at radius 1 is 1.28 bits per heavy atom. The van der Waals surface area contributed by atoms with Crippen molar-refractivity contribution < 1.29 is 4.74 Å². The number of hydrogen-bond acceptors (Lipinski definition) is 3. The van der Waals surface area contributed by atoms with Crippen molar-refractivity contribution in [1.82, 2.24) is 15.1 Å². The molecule has 1 aromatic heterocycles. The fraction of sp³-hybridized carbons (Fsp3) is 0.786. The lowest BCUT2D eigenvalue weighted by atomic mass is 10.1. The van der Waals surface area contributed by atoms with Crippen LogP contribution in [0.5, 0.6) is 0 Å². The summed E-state index contributed by atoms with van der Waals surface area (Å²) in [6.45, 7) is 11.2. The summed E-state index contributed by atoms with van der Waals surface area (Å²) in [6, 6.07) is 0.502. The number of ether oxygens (including phenoxy) is 1. The summed E-state index contributed by atoms with van der Waals surface area (Å²) in [7, 11) is 1.73. The Hall–Kier alpha value is -0.870. The second kappa shape index (κ2) is 7.54. The molecule has 0 saturated heterocycles. The third-order valence-electron chi connectivity index (χ3n) is 3.11. The summed E-state index contributed by atoms with van der Waals surface area (Å²) in [6.07, 6.45) is 2.01. The zero-order chi connectivity index (χ0) is 13.5. The maximum Gasteiger partial charge on any atom is 0.0669 e. The molecular weight excluding hydrogens is 226 g/mol. The molecule has 0 aliphatic heterocycles. The Labute approximate surface area is 111 Å². The van der Waals surface area contributed by atoms with E-state index in [2.05, 4.69) is 37.7 Å². The lowest BCUT2D eigenvalue weighted by Gasteiger charge is -2.10. The van der Waals surface area contributed by atoms with Crippen LogP contribution in [0.15, 0.2) is 0 Å². The van der Waals surface area contributed by atoms with Crippen LogP contribution in [0.4, 0.5) is 0 Å². The molecule has 0 amide bonds. The summed E-state index contributed by atoms with van der Waals surface area (Å²) in [5.41, 5.74) is 3.94. The summed E-state index contributed by atoms with van der Waals surface area (Å²) < 4.78 is 7.26. The fourth-order valence-corrected chi connectivity index (χ4v) is 2.14. The van der Waals surface area contributed by atoms with E-state index < -0.39 is 0 Å². The number of rotatable bonds is 8. The van der Waals surface area contributed by atoms with Crippen LogP contribution in [-0.2, 0) is 30.7 Å². The molecule has 0 aliphatic carbocycles. The van der Waals surface area contributed by atoms with E-state index in [1.165, 1.54) is 17.0 Å². The molecule has 0 fully saturated rings. The summed E-state index contributed by atoms with van der Waals surface area (Å²) in [4.78, 5) is 0. The third kappa shape index (κ3) is 3.82. The minimum absolute atomic E-state index is 0.502. The van der Waals surface area contributed by atoms with Crippen LogP contribution >= 0.6 is 0 Å². The number of methoxy groups -OCH3 is 1. The van der Waals surface area contributed by atoms with Crippen molar-refractivity contribution in [3.63, 3.8) is 0 Å². The number of hydrogen-bond donors (Lipinski definition) is 1. The lowest BCUT2D eigenvalue weighted by Crippen LogP contribution is -2.23. The number of aryl methyl sites for hydroxylation is 1. The Morgan fingerprint density at radius 2 is 2.00 bits per heavy atom. The Bertz CT molecular complexity index is 358. The van der Waals surface area contributed by atoms with Crippen molar-refractivity contribution in [3.05, 3.63) is 17.0 Å². The number of nitrogens with one attached hydrogen (secondary N) is 1. The van der Waals surface area contributed by atoms with Crippen LogP contribution in [-0.4, -0.2) is 29.5 Å². The van der Waals surface area contributed by atoms with Crippen molar-refractivity contribution >= 4 is 0 Å². The van der Waals surface area contributed by atoms with Gasteiger partial charge >= 0.3 is 0 Å². The molecule has 1 aromatic rings. The molecule has 0 aromatic carbocycles. The van der Waals surface area contributed by atoms with Gasteiger partial charge in [-0.2, -0.15) is 5.10 Å². The highest BCUT2D eigenvalue weighted by Crippen LogP contribution is 2.16. The quantitative estimate of drug-likeness (QED) is 0.771. The van der Waals surface area contributed by atoms with E-state index in [9.17, 15) is 0 Å². The molecule has 0 atom stereocenters. The molecule has 18 heavy (non-hydrogen) atoms. The van der Waals surface area contributed by atoms with Gasteiger partial charge in [0.15, 0.2) is 0 Å². The van der Waals surface area contributed by atoms with Gasteiger partial charge in [0.1, 0.15) is 0 Å². The van der Waals surface area contributed by atoms with E-state index in [4.69, 9.17) is 9.84 Å². The van der Waals surface area contributed by atoms with Crippen LogP contribution in [0.3, 0.4) is 0 Å². The predicted molar refractivity (Wildman–Crippen MR) is 74.8 cm³/mol. The smallest absolute Gasteiger partial charge is 0.0669 e. The van der Waals surface area contributed by atoms with Crippen LogP contribution in [0.25, 0.3) is 0 Å². The van der Waals surface area contributed by atoms with Crippen molar-refractivity contribution in [2.24, 2.45) is 0 Å². The molecular formula is C14H27N3O. The Morgan fingerprint density at radius 3 is 2.50 bits per heavy atom. The summed E-state index contributed by atoms with van der Waals surface area (Å²) in [5, 5.41) is 8.21. The maximum atomic E-state index is 5.15. The van der Waals surface area contributed by atoms with Gasteiger partial charge in [-0.15, -0.1) is 0 Å². The van der Waals surface area contributed by atoms with Gasteiger partial charge in [-0.05, 0) is 12.8 Å². The van der Waals surface area contributed by atoms with E-state index in [-0.39, 0.29) is 0 Å². The van der Waals surface area contributed by atoms with E-state index >= 15 is 0 Å². The molecule has 0 unspecified atom stereocenters. The van der Waals surface area contributed by atoms with Crippen LogP contribution in [0, 0.1) is 0 Å². The average Bonchev–Trinajstić information content (AvgIpc) is 2.70. The van der Waals surface area contributed by atoms with Crippen LogP contribution in [0.2, 0.25) is 0 Å². The number of aromatic nitrogens is 2. The van der Waals surface area contributed by atoms with Crippen molar-refractivity contribution in [1.29, 1.82) is 0 Å². The minimum atomic E-state index is 0.502. The van der Waals surface area contributed by atoms with Gasteiger partial charge in [0, 0.05) is 31.0 Å². The van der Waals surface area contributed by atoms with Crippen molar-refractivity contribution in [2.45, 2.75) is 59.7 Å². The lowest BCUT2D eigenvalue weighted by molar-refractivity contribution is 0.182. The van der Waals surface area contributed by atoms with Gasteiger partial charge in [-0.1, -0.05) is 27.7 Å². The van der Waals surface area contributed by atoms with Crippen LogP contribution < -0.4 is 5.32 Å². The molecule has 0 radical (unpaired) electrons. The van der Waals surface area contributed by atoms with Crippen molar-refractivity contribution in [2.75, 3.05) is 13.7 Å². The van der Waals surface area contributed by atoms with Gasteiger partial charge in [-0.3, -0.25) is 4.68 Å². The zero-order valence-corrected chi connectivity index (χ0v) is 12.4. The fourth-order valence-electron chi connectivity index (χ4n) is 2.14. The molecule has 4 nitrogen and oxygen atoms in total. The highest BCUT2D eigenvalue weighted by Gasteiger charge is 2.15. The first kappa shape index (κ1) is 15.2. The monoisotopic (exact) mass is 253 g/mol. The standard InChI is InChI=1S/C14H27N3O/c1-6-13-12(10-15-11(3)4)14(7-2)17(16-13)8-9-18-5/h11,15H,6-10H2,1-5H3.